The second-order valence-electron chi connectivity index (χ2n) is 5.21. The first-order valence-electron chi connectivity index (χ1n) is 6.97. The Balaban J connectivity index is 2.25. The molecule has 21 heavy (non-hydrogen) atoms. The van der Waals surface area contributed by atoms with Gasteiger partial charge in [-0.05, 0) is 37.6 Å². The Labute approximate surface area is 125 Å². The predicted octanol–water partition coefficient (Wildman–Crippen LogP) is 3.61. The molecule has 0 N–H and O–H groups in total. The molecule has 1 amide bonds. The van der Waals surface area contributed by atoms with Gasteiger partial charge in [0.05, 0.1) is 11.6 Å². The lowest BCUT2D eigenvalue weighted by molar-refractivity contribution is 0.0690. The average molecular weight is 278 g/mol. The molecular weight excluding hydrogens is 260 g/mol. The number of rotatable bonds is 4. The lowest BCUT2D eigenvalue weighted by Gasteiger charge is -2.27. The van der Waals surface area contributed by atoms with E-state index >= 15 is 0 Å². The molecule has 0 aliphatic rings. The second-order valence-corrected chi connectivity index (χ2v) is 5.21. The van der Waals surface area contributed by atoms with Crippen molar-refractivity contribution in [3.63, 3.8) is 0 Å². The molecule has 0 radical (unpaired) electrons. The van der Waals surface area contributed by atoms with E-state index in [1.54, 1.807) is 24.3 Å². The molecule has 0 aliphatic carbocycles. The van der Waals surface area contributed by atoms with E-state index in [2.05, 4.69) is 6.07 Å². The van der Waals surface area contributed by atoms with E-state index < -0.39 is 0 Å². The fraction of sp³-hybridized carbons (Fsp3) is 0.222. The van der Waals surface area contributed by atoms with Crippen LogP contribution in [0.25, 0.3) is 0 Å². The predicted molar refractivity (Wildman–Crippen MR) is 82.6 cm³/mol. The Morgan fingerprint density at radius 3 is 2.48 bits per heavy atom. The van der Waals surface area contributed by atoms with Gasteiger partial charge in [-0.15, -0.1) is 0 Å². The molecule has 0 saturated carbocycles. The standard InChI is InChI=1S/C18H18N2O/c1-14(2)20(13-15-7-4-3-5-8-15)18(21)17-10-6-9-16(11-17)12-19/h3-11,14H,13H2,1-2H3. The molecule has 2 aromatic carbocycles. The minimum atomic E-state index is -0.0500. The first-order chi connectivity index (χ1) is 10.1. The van der Waals surface area contributed by atoms with Crippen LogP contribution < -0.4 is 0 Å². The number of nitriles is 1. The van der Waals surface area contributed by atoms with Gasteiger partial charge in [0.25, 0.3) is 5.91 Å². The Morgan fingerprint density at radius 1 is 1.14 bits per heavy atom. The lowest BCUT2D eigenvalue weighted by atomic mass is 10.1. The number of amides is 1. The van der Waals surface area contributed by atoms with Crippen molar-refractivity contribution in [2.24, 2.45) is 0 Å². The molecule has 106 valence electrons. The molecule has 0 unspecified atom stereocenters. The van der Waals surface area contributed by atoms with Crippen molar-refractivity contribution < 1.29 is 4.79 Å². The number of hydrogen-bond donors (Lipinski definition) is 0. The zero-order valence-electron chi connectivity index (χ0n) is 12.3. The lowest BCUT2D eigenvalue weighted by Crippen LogP contribution is -2.36. The summed E-state index contributed by atoms with van der Waals surface area (Å²) in [6, 6.07) is 18.9. The maximum atomic E-state index is 12.7. The van der Waals surface area contributed by atoms with Gasteiger partial charge in [0.2, 0.25) is 0 Å². The average Bonchev–Trinajstić information content (AvgIpc) is 2.52. The van der Waals surface area contributed by atoms with Crippen LogP contribution >= 0.6 is 0 Å². The van der Waals surface area contributed by atoms with Crippen LogP contribution in [-0.2, 0) is 6.54 Å². The van der Waals surface area contributed by atoms with Gasteiger partial charge in [-0.2, -0.15) is 5.26 Å². The highest BCUT2D eigenvalue weighted by molar-refractivity contribution is 5.94. The summed E-state index contributed by atoms with van der Waals surface area (Å²) in [4.78, 5) is 14.5. The van der Waals surface area contributed by atoms with Gasteiger partial charge in [0, 0.05) is 18.2 Å². The second kappa shape index (κ2) is 6.71. The summed E-state index contributed by atoms with van der Waals surface area (Å²) in [7, 11) is 0. The third-order valence-corrected chi connectivity index (χ3v) is 3.32. The molecule has 0 bridgehead atoms. The van der Waals surface area contributed by atoms with E-state index in [4.69, 9.17) is 5.26 Å². The molecular formula is C18H18N2O. The maximum absolute atomic E-state index is 12.7. The van der Waals surface area contributed by atoms with Crippen molar-refractivity contribution in [3.8, 4) is 6.07 Å². The fourth-order valence-corrected chi connectivity index (χ4v) is 2.16. The zero-order valence-corrected chi connectivity index (χ0v) is 12.3. The van der Waals surface area contributed by atoms with Gasteiger partial charge in [0.1, 0.15) is 0 Å². The van der Waals surface area contributed by atoms with Crippen LogP contribution in [-0.4, -0.2) is 16.8 Å². The van der Waals surface area contributed by atoms with Gasteiger partial charge >= 0.3 is 0 Å². The topological polar surface area (TPSA) is 44.1 Å². The van der Waals surface area contributed by atoms with E-state index in [-0.39, 0.29) is 11.9 Å². The summed E-state index contributed by atoms with van der Waals surface area (Å²) in [5, 5.41) is 8.95. The third-order valence-electron chi connectivity index (χ3n) is 3.32. The molecule has 0 aliphatic heterocycles. The molecule has 0 heterocycles. The Hall–Kier alpha value is -2.60. The molecule has 0 atom stereocenters. The summed E-state index contributed by atoms with van der Waals surface area (Å²) >= 11 is 0. The summed E-state index contributed by atoms with van der Waals surface area (Å²) in [6.45, 7) is 4.55. The largest absolute Gasteiger partial charge is 0.332 e. The fourth-order valence-electron chi connectivity index (χ4n) is 2.16. The van der Waals surface area contributed by atoms with Gasteiger partial charge in [-0.25, -0.2) is 0 Å². The van der Waals surface area contributed by atoms with Crippen LogP contribution in [0.15, 0.2) is 54.6 Å². The molecule has 2 aromatic rings. The van der Waals surface area contributed by atoms with E-state index in [0.717, 1.165) is 5.56 Å². The van der Waals surface area contributed by atoms with Crippen molar-refractivity contribution in [3.05, 3.63) is 71.3 Å². The zero-order chi connectivity index (χ0) is 15.2. The van der Waals surface area contributed by atoms with Gasteiger partial charge in [-0.3, -0.25) is 4.79 Å². The van der Waals surface area contributed by atoms with E-state index in [1.807, 2.05) is 49.1 Å². The highest BCUT2D eigenvalue weighted by Gasteiger charge is 2.19. The van der Waals surface area contributed by atoms with Crippen LogP contribution in [0, 0.1) is 11.3 Å². The normalized spacial score (nSPS) is 10.2. The maximum Gasteiger partial charge on any atom is 0.254 e. The molecule has 3 nitrogen and oxygen atoms in total. The Bertz CT molecular complexity index is 656. The van der Waals surface area contributed by atoms with Gasteiger partial charge in [-0.1, -0.05) is 36.4 Å². The Kier molecular flexibility index (Phi) is 4.73. The Morgan fingerprint density at radius 2 is 1.86 bits per heavy atom. The first kappa shape index (κ1) is 14.8. The van der Waals surface area contributed by atoms with Crippen molar-refractivity contribution in [2.45, 2.75) is 26.4 Å². The highest BCUT2D eigenvalue weighted by atomic mass is 16.2. The minimum absolute atomic E-state index is 0.0500. The number of carbonyl (C=O) groups excluding carboxylic acids is 1. The van der Waals surface area contributed by atoms with E-state index in [0.29, 0.717) is 17.7 Å². The van der Waals surface area contributed by atoms with E-state index in [9.17, 15) is 4.79 Å². The minimum Gasteiger partial charge on any atom is -0.332 e. The number of carbonyl (C=O) groups is 1. The summed E-state index contributed by atoms with van der Waals surface area (Å²) in [6.07, 6.45) is 0. The van der Waals surface area contributed by atoms with Crippen LogP contribution in [0.5, 0.6) is 0 Å². The number of benzene rings is 2. The molecule has 0 saturated heterocycles. The van der Waals surface area contributed by atoms with Crippen LogP contribution in [0.1, 0.15) is 35.3 Å². The van der Waals surface area contributed by atoms with Crippen LogP contribution in [0.3, 0.4) is 0 Å². The monoisotopic (exact) mass is 278 g/mol. The van der Waals surface area contributed by atoms with Gasteiger partial charge < -0.3 is 4.90 Å². The molecule has 0 fully saturated rings. The van der Waals surface area contributed by atoms with Crippen molar-refractivity contribution in [1.82, 2.24) is 4.90 Å². The van der Waals surface area contributed by atoms with Crippen molar-refractivity contribution in [2.75, 3.05) is 0 Å². The SMILES string of the molecule is CC(C)N(Cc1ccccc1)C(=O)c1cccc(C#N)c1. The van der Waals surface area contributed by atoms with Crippen LogP contribution in [0.4, 0.5) is 0 Å². The molecule has 0 aromatic heterocycles. The smallest absolute Gasteiger partial charge is 0.254 e. The third kappa shape index (κ3) is 3.70. The van der Waals surface area contributed by atoms with Crippen LogP contribution in [0.2, 0.25) is 0 Å². The number of hydrogen-bond acceptors (Lipinski definition) is 2. The number of nitrogens with zero attached hydrogens (tertiary/aromatic N) is 2. The molecule has 2 rings (SSSR count). The highest BCUT2D eigenvalue weighted by Crippen LogP contribution is 2.14. The van der Waals surface area contributed by atoms with Gasteiger partial charge in [0.15, 0.2) is 0 Å². The summed E-state index contributed by atoms with van der Waals surface area (Å²) < 4.78 is 0. The quantitative estimate of drug-likeness (QED) is 0.857. The summed E-state index contributed by atoms with van der Waals surface area (Å²) in [5.41, 5.74) is 2.15. The van der Waals surface area contributed by atoms with Crippen molar-refractivity contribution >= 4 is 5.91 Å². The first-order valence-corrected chi connectivity index (χ1v) is 6.97. The van der Waals surface area contributed by atoms with Crippen molar-refractivity contribution in [1.29, 1.82) is 5.26 Å². The molecule has 0 spiro atoms. The van der Waals surface area contributed by atoms with E-state index in [1.165, 1.54) is 0 Å². The summed E-state index contributed by atoms with van der Waals surface area (Å²) in [5.74, 6) is -0.0500. The molecule has 3 heteroatoms.